The number of ether oxygens (including phenoxy) is 1. The van der Waals surface area contributed by atoms with E-state index in [-0.39, 0.29) is 12.5 Å². The van der Waals surface area contributed by atoms with Crippen LogP contribution in [0.25, 0.3) is 22.2 Å². The van der Waals surface area contributed by atoms with E-state index in [1.54, 1.807) is 12.1 Å². The minimum absolute atomic E-state index is 0.322. The van der Waals surface area contributed by atoms with Crippen molar-refractivity contribution in [3.63, 3.8) is 0 Å². The molecule has 0 radical (unpaired) electrons. The number of pyridine rings is 1. The van der Waals surface area contributed by atoms with Gasteiger partial charge in [0.1, 0.15) is 0 Å². The van der Waals surface area contributed by atoms with E-state index in [4.69, 9.17) is 4.74 Å². The normalized spacial score (nSPS) is 10.4. The fourth-order valence-corrected chi connectivity index (χ4v) is 2.82. The first kappa shape index (κ1) is 18.8. The molecule has 1 heterocycles. The summed E-state index contributed by atoms with van der Waals surface area (Å²) in [6.07, 6.45) is 1.56. The van der Waals surface area contributed by atoms with Crippen molar-refractivity contribution in [2.75, 3.05) is 13.2 Å². The predicted molar refractivity (Wildman–Crippen MR) is 108 cm³/mol. The molecule has 27 heavy (non-hydrogen) atoms. The SMILES string of the molecule is C=CCNC(=O)COC(=O)c1cc(-c2ccc(Br)cc2)nc2ccccc12. The molecule has 0 aliphatic carbocycles. The van der Waals surface area contributed by atoms with Crippen LogP contribution in [0.4, 0.5) is 0 Å². The maximum Gasteiger partial charge on any atom is 0.339 e. The summed E-state index contributed by atoms with van der Waals surface area (Å²) in [7, 11) is 0. The van der Waals surface area contributed by atoms with Crippen molar-refractivity contribution in [3.05, 3.63) is 77.3 Å². The first-order chi connectivity index (χ1) is 13.1. The lowest BCUT2D eigenvalue weighted by Gasteiger charge is -2.10. The van der Waals surface area contributed by atoms with Gasteiger partial charge in [0.05, 0.1) is 16.8 Å². The number of fused-ring (bicyclic) bond motifs is 1. The topological polar surface area (TPSA) is 68.3 Å². The molecular formula is C21H17BrN2O3. The third-order valence-corrected chi connectivity index (χ3v) is 4.38. The fraction of sp³-hybridized carbons (Fsp3) is 0.0952. The largest absolute Gasteiger partial charge is 0.452 e. The van der Waals surface area contributed by atoms with E-state index < -0.39 is 5.97 Å². The number of carbonyl (C=O) groups is 2. The summed E-state index contributed by atoms with van der Waals surface area (Å²) in [5.74, 6) is -0.949. The minimum Gasteiger partial charge on any atom is -0.452 e. The maximum atomic E-state index is 12.6. The molecule has 0 saturated heterocycles. The predicted octanol–water partition coefficient (Wildman–Crippen LogP) is 4.12. The van der Waals surface area contributed by atoms with Crippen LogP contribution in [-0.4, -0.2) is 30.0 Å². The van der Waals surface area contributed by atoms with E-state index in [1.165, 1.54) is 0 Å². The van der Waals surface area contributed by atoms with Gasteiger partial charge in [-0.3, -0.25) is 4.79 Å². The summed E-state index contributed by atoms with van der Waals surface area (Å²) in [6.45, 7) is 3.49. The van der Waals surface area contributed by atoms with Crippen LogP contribution < -0.4 is 5.32 Å². The number of hydrogen-bond acceptors (Lipinski definition) is 4. The van der Waals surface area contributed by atoms with Crippen molar-refractivity contribution in [3.8, 4) is 11.3 Å². The summed E-state index contributed by atoms with van der Waals surface area (Å²) in [4.78, 5) is 28.9. The molecule has 0 aliphatic heterocycles. The molecule has 3 aromatic rings. The Morgan fingerprint density at radius 1 is 1.15 bits per heavy atom. The number of halogens is 1. The number of benzene rings is 2. The quantitative estimate of drug-likeness (QED) is 0.477. The van der Waals surface area contributed by atoms with Gasteiger partial charge in [-0.1, -0.05) is 52.3 Å². The lowest BCUT2D eigenvalue weighted by molar-refractivity contribution is -0.124. The summed E-state index contributed by atoms with van der Waals surface area (Å²) >= 11 is 3.41. The summed E-state index contributed by atoms with van der Waals surface area (Å²) in [6, 6.07) is 16.7. The Morgan fingerprint density at radius 2 is 1.89 bits per heavy atom. The van der Waals surface area contributed by atoms with E-state index in [0.717, 1.165) is 10.0 Å². The van der Waals surface area contributed by atoms with Crippen LogP contribution in [0.2, 0.25) is 0 Å². The molecule has 2 aromatic carbocycles. The zero-order valence-electron chi connectivity index (χ0n) is 14.4. The molecule has 3 rings (SSSR count). The van der Waals surface area contributed by atoms with Crippen molar-refractivity contribution in [2.24, 2.45) is 0 Å². The highest BCUT2D eigenvalue weighted by atomic mass is 79.9. The molecule has 1 aromatic heterocycles. The Labute approximate surface area is 165 Å². The molecule has 0 fully saturated rings. The number of nitrogens with zero attached hydrogens (tertiary/aromatic N) is 1. The number of esters is 1. The highest BCUT2D eigenvalue weighted by Crippen LogP contribution is 2.26. The Bertz CT molecular complexity index is 1000. The number of rotatable bonds is 6. The molecule has 0 aliphatic rings. The molecule has 5 nitrogen and oxygen atoms in total. The molecular weight excluding hydrogens is 408 g/mol. The summed E-state index contributed by atoms with van der Waals surface area (Å²) in [5, 5.41) is 3.24. The number of amides is 1. The van der Waals surface area contributed by atoms with E-state index in [1.807, 2.05) is 48.5 Å². The van der Waals surface area contributed by atoms with E-state index in [0.29, 0.717) is 28.7 Å². The number of nitrogens with one attached hydrogen (secondary N) is 1. The van der Waals surface area contributed by atoms with E-state index >= 15 is 0 Å². The third kappa shape index (κ3) is 4.60. The molecule has 136 valence electrons. The zero-order valence-corrected chi connectivity index (χ0v) is 16.0. The Balaban J connectivity index is 1.93. The molecule has 0 atom stereocenters. The molecule has 0 bridgehead atoms. The summed E-state index contributed by atoms with van der Waals surface area (Å²) in [5.41, 5.74) is 2.59. The van der Waals surface area contributed by atoms with Gasteiger partial charge in [0.2, 0.25) is 0 Å². The highest BCUT2D eigenvalue weighted by Gasteiger charge is 2.16. The summed E-state index contributed by atoms with van der Waals surface area (Å²) < 4.78 is 6.14. The standard InChI is InChI=1S/C21H17BrN2O3/c1-2-11-23-20(25)13-27-21(26)17-12-19(14-7-9-15(22)10-8-14)24-18-6-4-3-5-16(17)18/h2-10,12H,1,11,13H2,(H,23,25). The smallest absolute Gasteiger partial charge is 0.339 e. The van der Waals surface area contributed by atoms with Crippen LogP contribution in [0.1, 0.15) is 10.4 Å². The monoisotopic (exact) mass is 424 g/mol. The van der Waals surface area contributed by atoms with Gasteiger partial charge in [-0.15, -0.1) is 6.58 Å². The van der Waals surface area contributed by atoms with E-state index in [9.17, 15) is 9.59 Å². The van der Waals surface area contributed by atoms with Crippen LogP contribution in [0, 0.1) is 0 Å². The van der Waals surface area contributed by atoms with Gasteiger partial charge in [0.15, 0.2) is 6.61 Å². The molecule has 0 unspecified atom stereocenters. The van der Waals surface area contributed by atoms with Gasteiger partial charge in [-0.05, 0) is 24.3 Å². The van der Waals surface area contributed by atoms with Gasteiger partial charge in [0, 0.05) is 22.0 Å². The third-order valence-electron chi connectivity index (χ3n) is 3.85. The van der Waals surface area contributed by atoms with Crippen molar-refractivity contribution in [2.45, 2.75) is 0 Å². The zero-order chi connectivity index (χ0) is 19.2. The van der Waals surface area contributed by atoms with Crippen LogP contribution in [0.3, 0.4) is 0 Å². The van der Waals surface area contributed by atoms with Gasteiger partial charge < -0.3 is 10.1 Å². The van der Waals surface area contributed by atoms with Crippen molar-refractivity contribution in [1.82, 2.24) is 10.3 Å². The molecule has 1 N–H and O–H groups in total. The first-order valence-electron chi connectivity index (χ1n) is 8.29. The average molecular weight is 425 g/mol. The van der Waals surface area contributed by atoms with Crippen LogP contribution >= 0.6 is 15.9 Å². The van der Waals surface area contributed by atoms with Crippen molar-refractivity contribution < 1.29 is 14.3 Å². The Kier molecular flexibility index (Phi) is 5.98. The molecule has 1 amide bonds. The van der Waals surface area contributed by atoms with Crippen molar-refractivity contribution >= 4 is 38.7 Å². The molecule has 0 spiro atoms. The minimum atomic E-state index is -0.569. The number of carbonyl (C=O) groups excluding carboxylic acids is 2. The number of para-hydroxylation sites is 1. The molecule has 0 saturated carbocycles. The lowest BCUT2D eigenvalue weighted by Crippen LogP contribution is -2.28. The van der Waals surface area contributed by atoms with Crippen LogP contribution in [-0.2, 0) is 9.53 Å². The van der Waals surface area contributed by atoms with Crippen LogP contribution in [0.5, 0.6) is 0 Å². The van der Waals surface area contributed by atoms with Gasteiger partial charge in [-0.25, -0.2) is 9.78 Å². The van der Waals surface area contributed by atoms with Crippen LogP contribution in [0.15, 0.2) is 71.7 Å². The second-order valence-electron chi connectivity index (χ2n) is 5.75. The Hall–Kier alpha value is -2.99. The highest BCUT2D eigenvalue weighted by molar-refractivity contribution is 9.10. The average Bonchev–Trinajstić information content (AvgIpc) is 2.70. The van der Waals surface area contributed by atoms with Crippen molar-refractivity contribution in [1.29, 1.82) is 0 Å². The maximum absolute atomic E-state index is 12.6. The first-order valence-corrected chi connectivity index (χ1v) is 9.08. The number of aromatic nitrogens is 1. The van der Waals surface area contributed by atoms with Gasteiger partial charge in [0.25, 0.3) is 5.91 Å². The fourth-order valence-electron chi connectivity index (χ4n) is 2.56. The molecule has 6 heteroatoms. The number of hydrogen-bond donors (Lipinski definition) is 1. The second kappa shape index (κ2) is 8.60. The Morgan fingerprint density at radius 3 is 2.63 bits per heavy atom. The lowest BCUT2D eigenvalue weighted by atomic mass is 10.0. The van der Waals surface area contributed by atoms with Gasteiger partial charge in [-0.2, -0.15) is 0 Å². The van der Waals surface area contributed by atoms with Gasteiger partial charge >= 0.3 is 5.97 Å². The second-order valence-corrected chi connectivity index (χ2v) is 6.66. The van der Waals surface area contributed by atoms with E-state index in [2.05, 4.69) is 32.8 Å².